The van der Waals surface area contributed by atoms with Crippen molar-refractivity contribution >= 4 is 36.2 Å². The highest BCUT2D eigenvalue weighted by Crippen LogP contribution is 2.76. The van der Waals surface area contributed by atoms with Gasteiger partial charge in [0.15, 0.2) is 43.3 Å². The van der Waals surface area contributed by atoms with E-state index in [0.29, 0.717) is 37.7 Å². The molecule has 101 heavy (non-hydrogen) atoms. The third-order valence-corrected chi connectivity index (χ3v) is 25.6. The zero-order chi connectivity index (χ0) is 73.5. The molecule has 4 heterocycles. The Morgan fingerprint density at radius 2 is 1.33 bits per heavy atom. The molecule has 28 nitrogen and oxygen atoms in total. The van der Waals surface area contributed by atoms with Gasteiger partial charge in [-0.15, -0.1) is 0 Å². The minimum atomic E-state index is -2.01. The Balaban J connectivity index is 0.893. The summed E-state index contributed by atoms with van der Waals surface area (Å²) in [6.45, 7) is 17.6. The number of ether oxygens (including phenoxy) is 12. The minimum absolute atomic E-state index is 0.0148. The molecule has 566 valence electrons. The van der Waals surface area contributed by atoms with Crippen LogP contribution in [0.4, 0.5) is 0 Å². The van der Waals surface area contributed by atoms with E-state index in [1.807, 2.05) is 31.2 Å². The maximum atomic E-state index is 16.0. The van der Waals surface area contributed by atoms with E-state index in [9.17, 15) is 75.3 Å². The first-order chi connectivity index (χ1) is 47.5. The van der Waals surface area contributed by atoms with Crippen LogP contribution < -0.4 is 0 Å². The second kappa shape index (κ2) is 29.7. The molecule has 24 unspecified atom stereocenters. The van der Waals surface area contributed by atoms with Crippen molar-refractivity contribution in [2.45, 2.75) is 281 Å². The number of aliphatic hydroxyl groups excluding tert-OH is 11. The first-order valence-corrected chi connectivity index (χ1v) is 35.7. The summed E-state index contributed by atoms with van der Waals surface area (Å²) in [7, 11) is 1.05. The van der Waals surface area contributed by atoms with Crippen LogP contribution in [0.25, 0.3) is 6.08 Å². The number of carbonyl (C=O) groups excluding carboxylic acids is 5. The molecule has 0 bridgehead atoms. The lowest BCUT2D eigenvalue weighted by molar-refractivity contribution is -0.386. The van der Waals surface area contributed by atoms with Gasteiger partial charge in [-0.3, -0.25) is 9.59 Å². The van der Waals surface area contributed by atoms with Gasteiger partial charge in [-0.2, -0.15) is 0 Å². The van der Waals surface area contributed by atoms with Gasteiger partial charge in [-0.25, -0.2) is 9.59 Å². The van der Waals surface area contributed by atoms with Crippen LogP contribution in [-0.4, -0.2) is 254 Å². The number of aldehydes is 1. The summed E-state index contributed by atoms with van der Waals surface area (Å²) in [5.41, 5.74) is -3.63. The smallest absolute Gasteiger partial charge is 0.337 e. The van der Waals surface area contributed by atoms with Crippen LogP contribution >= 0.6 is 0 Å². The molecule has 0 amide bonds. The highest BCUT2D eigenvalue weighted by molar-refractivity contribution is 5.87. The molecule has 28 heteroatoms. The molecule has 4 aliphatic heterocycles. The van der Waals surface area contributed by atoms with Crippen LogP contribution in [0.15, 0.2) is 42.5 Å². The van der Waals surface area contributed by atoms with Gasteiger partial charge in [-0.1, -0.05) is 90.4 Å². The van der Waals surface area contributed by atoms with E-state index in [2.05, 4.69) is 46.8 Å². The normalized spacial score (nSPS) is 48.8. The second-order valence-electron chi connectivity index (χ2n) is 32.3. The number of aryl methyl sites for hydroxylation is 1. The maximum Gasteiger partial charge on any atom is 0.337 e. The molecule has 10 aliphatic rings. The monoisotopic (exact) mass is 1430 g/mol. The first-order valence-electron chi connectivity index (χ1n) is 35.7. The van der Waals surface area contributed by atoms with Crippen molar-refractivity contribution in [3.05, 3.63) is 53.6 Å². The molecule has 1 aromatic rings. The molecule has 9 fully saturated rings. The van der Waals surface area contributed by atoms with Crippen molar-refractivity contribution in [2.75, 3.05) is 20.3 Å². The van der Waals surface area contributed by atoms with Gasteiger partial charge in [0, 0.05) is 19.4 Å². The number of esters is 4. The van der Waals surface area contributed by atoms with E-state index in [-0.39, 0.29) is 49.4 Å². The largest absolute Gasteiger partial charge is 0.467 e. The number of benzene rings is 1. The molecule has 11 N–H and O–H groups in total. The highest BCUT2D eigenvalue weighted by Gasteiger charge is 2.74. The average molecular weight is 1430 g/mol. The number of rotatable bonds is 17. The van der Waals surface area contributed by atoms with E-state index in [1.165, 1.54) is 6.08 Å². The van der Waals surface area contributed by atoms with Crippen molar-refractivity contribution in [3.63, 3.8) is 0 Å². The molecule has 0 aromatic heterocycles. The van der Waals surface area contributed by atoms with Gasteiger partial charge in [-0.05, 0) is 135 Å². The molecule has 34 atom stereocenters. The third-order valence-electron chi connectivity index (χ3n) is 25.6. The molecule has 11 rings (SSSR count). The second-order valence-corrected chi connectivity index (χ2v) is 32.3. The number of carbonyl (C=O) groups is 5. The summed E-state index contributed by atoms with van der Waals surface area (Å²) in [6, 6.07) is 7.38. The van der Waals surface area contributed by atoms with E-state index in [4.69, 9.17) is 56.8 Å². The van der Waals surface area contributed by atoms with Crippen LogP contribution in [0.1, 0.15) is 138 Å². The number of hydrogen-bond acceptors (Lipinski definition) is 28. The summed E-state index contributed by atoms with van der Waals surface area (Å²) >= 11 is 0. The lowest BCUT2D eigenvalue weighted by Crippen LogP contribution is -2.70. The van der Waals surface area contributed by atoms with Gasteiger partial charge >= 0.3 is 23.9 Å². The van der Waals surface area contributed by atoms with Gasteiger partial charge in [0.2, 0.25) is 6.29 Å². The van der Waals surface area contributed by atoms with E-state index >= 15 is 4.79 Å². The zero-order valence-electron chi connectivity index (χ0n) is 59.3. The first kappa shape index (κ1) is 77.6. The molecule has 4 saturated heterocycles. The number of aliphatic hydroxyl groups is 11. The Morgan fingerprint density at radius 3 is 2.00 bits per heavy atom. The van der Waals surface area contributed by atoms with Crippen LogP contribution in [-0.2, 0) is 80.8 Å². The van der Waals surface area contributed by atoms with Gasteiger partial charge in [0.25, 0.3) is 0 Å². The lowest BCUT2D eigenvalue weighted by Gasteiger charge is -2.72. The fourth-order valence-corrected chi connectivity index (χ4v) is 19.6. The van der Waals surface area contributed by atoms with E-state index in [1.54, 1.807) is 26.8 Å². The zero-order valence-corrected chi connectivity index (χ0v) is 59.3. The summed E-state index contributed by atoms with van der Waals surface area (Å²) < 4.78 is 74.1. The Kier molecular flexibility index (Phi) is 22.8. The van der Waals surface area contributed by atoms with Crippen molar-refractivity contribution in [3.8, 4) is 0 Å². The Hall–Kier alpha value is -4.51. The van der Waals surface area contributed by atoms with Crippen LogP contribution in [0.3, 0.4) is 0 Å². The average Bonchev–Trinajstić information content (AvgIpc) is 0.671. The summed E-state index contributed by atoms with van der Waals surface area (Å²) in [5, 5.41) is 123. The highest BCUT2D eigenvalue weighted by atomic mass is 16.8. The molecular weight excluding hydrogens is 1320 g/mol. The molecule has 6 aliphatic carbocycles. The maximum absolute atomic E-state index is 16.0. The number of methoxy groups -OCH3 is 1. The Labute approximate surface area is 587 Å². The molecule has 0 spiro atoms. The topological polar surface area (TPSA) is 419 Å². The van der Waals surface area contributed by atoms with Crippen molar-refractivity contribution in [2.24, 2.45) is 62.1 Å². The fraction of sp³-hybridized carbons (Fsp3) is 0.795. The SMILES string of the molecule is COC(=O)C1OC(O[C@H]2CC[C@]3(C)[C@H]4C=CC5[C@@H]6CC(C)(C)CC[C@]6(C(=O)OC6OC(C)C(OC(=O)/C=C\c7ccc(C)cc7)C(OC(C)=O)C6OC6CC(C)C(O)C(O)C6O)[C@H](O)C[C@@]5(C)[C@]4(C)CC[C@H]3[C@]2(C)C=O)C(OC2OC(CO)C(O)CC2O)C(OC2OCC(O)C(O)C2O)C1O. The van der Waals surface area contributed by atoms with Gasteiger partial charge in [0.05, 0.1) is 67.8 Å². The standard InChI is InChI=1S/C73H106O28/c1-33-12-14-37(15-13-33)16-19-49(81)97-56-35(3)92-65(61(59(56)93-36(4)76)94-43-26-34(2)50(82)53(85)52(43)84)101-67(89)73-25-24-68(5,6)28-39(73)38-17-18-46-69(7)22-21-48(70(8,32-75)45(69)20-23-71(46,9)72(38,10)29-47(73)80)96-66-60(100-63-41(78)27-40(77)44(30-74)95-63)57(55(87)58(99-66)62(88)90-11)98-64-54(86)51(83)42(79)31-91-64/h12-19,32,34-35,38-48,50-61,63-66,74,77-80,82-87H,20-31H2,1-11H3/b19-16-/t34?,35?,38?,39-,40?,41?,42?,43?,44?,45+,46+,47+,48-,50?,51?,52?,53?,54?,55?,56?,57?,58?,59?,60?,61?,63?,64?,65?,66?,69-,70-,71+,72+,73+/m0/s1. The van der Waals surface area contributed by atoms with E-state index < -0.39 is 229 Å². The van der Waals surface area contributed by atoms with Crippen molar-refractivity contribution < 1.29 is 137 Å². The van der Waals surface area contributed by atoms with Gasteiger partial charge < -0.3 is 118 Å². The summed E-state index contributed by atoms with van der Waals surface area (Å²) in [6.07, 6.45) is -27.4. The molecule has 1 aromatic carbocycles. The van der Waals surface area contributed by atoms with Crippen LogP contribution in [0, 0.1) is 69.0 Å². The molecular formula is C73H106O28. The quantitative estimate of drug-likeness (QED) is 0.0263. The number of fused-ring (bicyclic) bond motifs is 7. The Morgan fingerprint density at radius 1 is 0.634 bits per heavy atom. The predicted octanol–water partition coefficient (Wildman–Crippen LogP) is 1.51. The number of hydrogen-bond donors (Lipinski definition) is 11. The van der Waals surface area contributed by atoms with Crippen molar-refractivity contribution in [1.29, 1.82) is 0 Å². The van der Waals surface area contributed by atoms with Crippen molar-refractivity contribution in [1.82, 2.24) is 0 Å². The predicted molar refractivity (Wildman–Crippen MR) is 349 cm³/mol. The van der Waals surface area contributed by atoms with Crippen LogP contribution in [0.5, 0.6) is 0 Å². The van der Waals surface area contributed by atoms with Gasteiger partial charge in [0.1, 0.15) is 67.3 Å². The molecule has 5 saturated carbocycles. The molecule has 0 radical (unpaired) electrons. The van der Waals surface area contributed by atoms with E-state index in [0.717, 1.165) is 25.9 Å². The summed E-state index contributed by atoms with van der Waals surface area (Å²) in [4.78, 5) is 70.9. The summed E-state index contributed by atoms with van der Waals surface area (Å²) in [5.74, 6) is -5.81. The lowest BCUT2D eigenvalue weighted by atomic mass is 9.32. The third kappa shape index (κ3) is 14.1. The Bertz CT molecular complexity index is 3180. The van der Waals surface area contributed by atoms with Crippen LogP contribution in [0.2, 0.25) is 0 Å². The number of allylic oxidation sites excluding steroid dienone is 2. The fourth-order valence-electron chi connectivity index (χ4n) is 19.6. The minimum Gasteiger partial charge on any atom is -0.467 e.